The van der Waals surface area contributed by atoms with Crippen LogP contribution in [0.5, 0.6) is 0 Å². The zero-order valence-corrected chi connectivity index (χ0v) is 8.02. The van der Waals surface area contributed by atoms with Gasteiger partial charge >= 0.3 is 0 Å². The number of allylic oxidation sites excluding steroid dienone is 2. The number of nitriles is 1. The number of fused-ring (bicyclic) bond motifs is 1. The van der Waals surface area contributed by atoms with E-state index in [0.29, 0.717) is 11.3 Å². The van der Waals surface area contributed by atoms with Crippen LogP contribution in [0.1, 0.15) is 33.6 Å². The van der Waals surface area contributed by atoms with Gasteiger partial charge in [-0.25, -0.2) is 0 Å². The highest BCUT2D eigenvalue weighted by Crippen LogP contribution is 2.64. The van der Waals surface area contributed by atoms with Crippen molar-refractivity contribution in [2.75, 3.05) is 0 Å². The van der Waals surface area contributed by atoms with Crippen molar-refractivity contribution in [1.82, 2.24) is 0 Å². The first-order valence-corrected chi connectivity index (χ1v) is 4.73. The van der Waals surface area contributed by atoms with Crippen LogP contribution in [0, 0.1) is 28.6 Å². The van der Waals surface area contributed by atoms with Gasteiger partial charge in [-0.05, 0) is 35.7 Å². The topological polar surface area (TPSA) is 23.8 Å². The minimum atomic E-state index is 0.357. The molecule has 1 saturated carbocycles. The summed E-state index contributed by atoms with van der Waals surface area (Å²) in [5, 5.41) is 8.98. The summed E-state index contributed by atoms with van der Waals surface area (Å²) in [5.74, 6) is 1.26. The van der Waals surface area contributed by atoms with Crippen LogP contribution in [0.4, 0.5) is 0 Å². The molecule has 0 aromatic heterocycles. The van der Waals surface area contributed by atoms with E-state index in [1.807, 2.05) is 0 Å². The summed E-state index contributed by atoms with van der Waals surface area (Å²) in [7, 11) is 0. The molecule has 0 N–H and O–H groups in total. The normalized spacial score (nSPS) is 37.2. The molecule has 0 saturated heterocycles. The first-order chi connectivity index (χ1) is 5.59. The molecule has 12 heavy (non-hydrogen) atoms. The van der Waals surface area contributed by atoms with Crippen molar-refractivity contribution >= 4 is 0 Å². The second-order valence-corrected chi connectivity index (χ2v) is 4.69. The minimum Gasteiger partial charge on any atom is -0.193 e. The summed E-state index contributed by atoms with van der Waals surface area (Å²) in [4.78, 5) is 0. The van der Waals surface area contributed by atoms with E-state index in [2.05, 4.69) is 26.8 Å². The Morgan fingerprint density at radius 2 is 2.08 bits per heavy atom. The maximum atomic E-state index is 8.98. The van der Waals surface area contributed by atoms with E-state index >= 15 is 0 Å². The van der Waals surface area contributed by atoms with E-state index in [9.17, 15) is 0 Å². The van der Waals surface area contributed by atoms with Gasteiger partial charge in [-0.1, -0.05) is 20.8 Å². The van der Waals surface area contributed by atoms with E-state index in [0.717, 1.165) is 11.5 Å². The molecule has 2 atom stereocenters. The van der Waals surface area contributed by atoms with Crippen LogP contribution in [0.2, 0.25) is 0 Å². The van der Waals surface area contributed by atoms with Crippen molar-refractivity contribution < 1.29 is 0 Å². The Bertz CT molecular complexity index is 291. The Morgan fingerprint density at radius 3 is 2.58 bits per heavy atom. The van der Waals surface area contributed by atoms with Gasteiger partial charge in [0.25, 0.3) is 0 Å². The zero-order valence-electron chi connectivity index (χ0n) is 8.02. The highest BCUT2D eigenvalue weighted by molar-refractivity contribution is 5.48. The molecule has 2 unspecified atom stereocenters. The lowest BCUT2D eigenvalue weighted by Crippen LogP contribution is -2.03. The first kappa shape index (κ1) is 7.86. The molecular weight excluding hydrogens is 146 g/mol. The van der Waals surface area contributed by atoms with Crippen molar-refractivity contribution in [3.05, 3.63) is 11.1 Å². The van der Waals surface area contributed by atoms with Gasteiger partial charge in [-0.15, -0.1) is 0 Å². The van der Waals surface area contributed by atoms with E-state index < -0.39 is 0 Å². The zero-order chi connectivity index (χ0) is 8.93. The Morgan fingerprint density at radius 1 is 1.42 bits per heavy atom. The molecule has 0 bridgehead atoms. The second-order valence-electron chi connectivity index (χ2n) is 4.69. The third-order valence-electron chi connectivity index (χ3n) is 3.62. The maximum absolute atomic E-state index is 8.98. The molecule has 0 heterocycles. The number of rotatable bonds is 0. The van der Waals surface area contributed by atoms with Crippen molar-refractivity contribution in [3.63, 3.8) is 0 Å². The molecule has 0 radical (unpaired) electrons. The monoisotopic (exact) mass is 161 g/mol. The first-order valence-electron chi connectivity index (χ1n) is 4.73. The smallest absolute Gasteiger partial charge is 0.0949 e. The molecule has 0 aromatic carbocycles. The summed E-state index contributed by atoms with van der Waals surface area (Å²) in [6.07, 6.45) is 2.51. The average Bonchev–Trinajstić information content (AvgIpc) is 2.55. The molecule has 1 heteroatoms. The molecule has 2 aliphatic carbocycles. The Labute approximate surface area is 74.1 Å². The second kappa shape index (κ2) is 2.13. The standard InChI is InChI=1S/C11H15N/c1-7-4-5-9-10(8(7)6-12)11(9,2)3/h7,9H,4-5H2,1-3H3. The van der Waals surface area contributed by atoms with Crippen molar-refractivity contribution in [3.8, 4) is 6.07 Å². The van der Waals surface area contributed by atoms with Crippen LogP contribution in [-0.2, 0) is 0 Å². The van der Waals surface area contributed by atoms with Gasteiger partial charge in [-0.2, -0.15) is 5.26 Å². The molecule has 2 rings (SSSR count). The SMILES string of the molecule is CC1CCC2C(=C1C#N)C2(C)C. The van der Waals surface area contributed by atoms with Crippen LogP contribution in [0.15, 0.2) is 11.1 Å². The Kier molecular flexibility index (Phi) is 1.39. The van der Waals surface area contributed by atoms with Gasteiger partial charge in [0.05, 0.1) is 6.07 Å². The molecule has 0 aliphatic heterocycles. The van der Waals surface area contributed by atoms with Crippen LogP contribution in [0.3, 0.4) is 0 Å². The van der Waals surface area contributed by atoms with E-state index in [4.69, 9.17) is 5.26 Å². The summed E-state index contributed by atoms with van der Waals surface area (Å²) < 4.78 is 0. The number of hydrogen-bond acceptors (Lipinski definition) is 1. The lowest BCUT2D eigenvalue weighted by molar-refractivity contribution is 0.483. The Balaban J connectivity index is 2.43. The molecular formula is C11H15N. The van der Waals surface area contributed by atoms with Gasteiger partial charge in [0, 0.05) is 5.57 Å². The van der Waals surface area contributed by atoms with Crippen LogP contribution < -0.4 is 0 Å². The summed E-state index contributed by atoms with van der Waals surface area (Å²) >= 11 is 0. The lowest BCUT2D eigenvalue weighted by Gasteiger charge is -2.13. The van der Waals surface area contributed by atoms with Crippen LogP contribution >= 0.6 is 0 Å². The summed E-state index contributed by atoms with van der Waals surface area (Å²) in [6, 6.07) is 2.38. The van der Waals surface area contributed by atoms with Crippen molar-refractivity contribution in [2.45, 2.75) is 33.6 Å². The van der Waals surface area contributed by atoms with Gasteiger partial charge < -0.3 is 0 Å². The molecule has 0 aromatic rings. The van der Waals surface area contributed by atoms with E-state index in [1.165, 1.54) is 18.4 Å². The molecule has 0 amide bonds. The third kappa shape index (κ3) is 0.784. The molecule has 1 fully saturated rings. The quantitative estimate of drug-likeness (QED) is 0.536. The molecule has 1 nitrogen and oxygen atoms in total. The van der Waals surface area contributed by atoms with Gasteiger partial charge in [0.15, 0.2) is 0 Å². The molecule has 0 spiro atoms. The summed E-state index contributed by atoms with van der Waals surface area (Å²) in [6.45, 7) is 6.71. The largest absolute Gasteiger partial charge is 0.193 e. The predicted molar refractivity (Wildman–Crippen MR) is 48.3 cm³/mol. The minimum absolute atomic E-state index is 0.357. The van der Waals surface area contributed by atoms with Crippen molar-refractivity contribution in [2.24, 2.45) is 17.3 Å². The fraction of sp³-hybridized carbons (Fsp3) is 0.727. The highest BCUT2D eigenvalue weighted by Gasteiger charge is 2.55. The summed E-state index contributed by atoms with van der Waals surface area (Å²) in [5.41, 5.74) is 2.91. The van der Waals surface area contributed by atoms with Crippen LogP contribution in [-0.4, -0.2) is 0 Å². The lowest BCUT2D eigenvalue weighted by atomic mass is 9.90. The molecule has 64 valence electrons. The fourth-order valence-corrected chi connectivity index (χ4v) is 2.68. The number of hydrogen-bond donors (Lipinski definition) is 0. The molecule has 2 aliphatic rings. The van der Waals surface area contributed by atoms with Gasteiger partial charge in [0.2, 0.25) is 0 Å². The van der Waals surface area contributed by atoms with Crippen LogP contribution in [0.25, 0.3) is 0 Å². The Hall–Kier alpha value is -0.770. The number of nitrogens with zero attached hydrogens (tertiary/aromatic N) is 1. The van der Waals surface area contributed by atoms with Gasteiger partial charge in [-0.3, -0.25) is 0 Å². The van der Waals surface area contributed by atoms with Gasteiger partial charge in [0.1, 0.15) is 0 Å². The van der Waals surface area contributed by atoms with Crippen molar-refractivity contribution in [1.29, 1.82) is 5.26 Å². The fourth-order valence-electron chi connectivity index (χ4n) is 2.68. The maximum Gasteiger partial charge on any atom is 0.0949 e. The average molecular weight is 161 g/mol. The van der Waals surface area contributed by atoms with E-state index in [1.54, 1.807) is 0 Å². The highest BCUT2D eigenvalue weighted by atomic mass is 14.6. The predicted octanol–water partition coefficient (Wildman–Crippen LogP) is 2.89. The third-order valence-corrected chi connectivity index (χ3v) is 3.62. The van der Waals surface area contributed by atoms with E-state index in [-0.39, 0.29) is 0 Å².